The Kier molecular flexibility index (Phi) is 3.44. The second-order valence-corrected chi connectivity index (χ2v) is 3.55. The summed E-state index contributed by atoms with van der Waals surface area (Å²) in [7, 11) is 0. The van der Waals surface area contributed by atoms with E-state index in [0.29, 0.717) is 5.69 Å². The van der Waals surface area contributed by atoms with Gasteiger partial charge < -0.3 is 5.32 Å². The van der Waals surface area contributed by atoms with Crippen molar-refractivity contribution in [2.75, 3.05) is 5.32 Å². The Bertz CT molecular complexity index is 494. The molecule has 0 spiro atoms. The molecule has 0 radical (unpaired) electrons. The van der Waals surface area contributed by atoms with E-state index >= 15 is 0 Å². The summed E-state index contributed by atoms with van der Waals surface area (Å²) in [5.41, 5.74) is 0.673. The highest BCUT2D eigenvalue weighted by atomic mass is 16.2. The van der Waals surface area contributed by atoms with Crippen molar-refractivity contribution in [1.82, 2.24) is 20.2 Å². The number of nitrogens with zero attached hydrogens (tertiary/aromatic N) is 3. The molecular weight excluding hydrogens is 218 g/mol. The van der Waals surface area contributed by atoms with Gasteiger partial charge in [-0.25, -0.2) is 4.98 Å². The van der Waals surface area contributed by atoms with E-state index in [2.05, 4.69) is 25.5 Å². The predicted octanol–water partition coefficient (Wildman–Crippen LogP) is 1.40. The van der Waals surface area contributed by atoms with E-state index in [4.69, 9.17) is 0 Å². The fraction of sp³-hybridized carbons (Fsp3) is 0.273. The Morgan fingerprint density at radius 2 is 2.18 bits per heavy atom. The fourth-order valence-electron chi connectivity index (χ4n) is 1.37. The third-order valence-electron chi connectivity index (χ3n) is 2.16. The van der Waals surface area contributed by atoms with E-state index in [0.717, 1.165) is 18.7 Å². The molecular formula is C11H13N5O. The quantitative estimate of drug-likeness (QED) is 0.833. The van der Waals surface area contributed by atoms with Gasteiger partial charge in [-0.1, -0.05) is 6.92 Å². The summed E-state index contributed by atoms with van der Waals surface area (Å²) in [4.78, 5) is 19.7. The lowest BCUT2D eigenvalue weighted by Gasteiger charge is -2.00. The minimum atomic E-state index is -0.324. The summed E-state index contributed by atoms with van der Waals surface area (Å²) in [5, 5.41) is 9.30. The first-order valence-corrected chi connectivity index (χ1v) is 5.42. The zero-order valence-electron chi connectivity index (χ0n) is 9.47. The SMILES string of the molecule is CCCc1nc(C(=O)Nc2ccncc2)n[nH]1. The molecule has 0 aliphatic heterocycles. The van der Waals surface area contributed by atoms with Crippen LogP contribution in [0.4, 0.5) is 5.69 Å². The van der Waals surface area contributed by atoms with Gasteiger partial charge in [0.25, 0.3) is 5.91 Å². The summed E-state index contributed by atoms with van der Waals surface area (Å²) in [6, 6.07) is 3.41. The molecule has 1 amide bonds. The van der Waals surface area contributed by atoms with Crippen molar-refractivity contribution < 1.29 is 4.79 Å². The summed E-state index contributed by atoms with van der Waals surface area (Å²) in [6.07, 6.45) is 4.96. The number of nitrogens with one attached hydrogen (secondary N) is 2. The second kappa shape index (κ2) is 5.20. The van der Waals surface area contributed by atoms with Gasteiger partial charge in [0.15, 0.2) is 0 Å². The highest BCUT2D eigenvalue weighted by Crippen LogP contribution is 2.05. The molecule has 88 valence electrons. The second-order valence-electron chi connectivity index (χ2n) is 3.55. The average Bonchev–Trinajstić information content (AvgIpc) is 2.79. The predicted molar refractivity (Wildman–Crippen MR) is 62.6 cm³/mol. The van der Waals surface area contributed by atoms with Crippen LogP contribution in [0.15, 0.2) is 24.5 Å². The standard InChI is InChI=1S/C11H13N5O/c1-2-3-9-14-10(16-15-9)11(17)13-8-4-6-12-7-5-8/h4-7H,2-3H2,1H3,(H,12,13,17)(H,14,15,16). The highest BCUT2D eigenvalue weighted by molar-refractivity contribution is 6.01. The first kappa shape index (κ1) is 11.3. The molecule has 2 aromatic heterocycles. The first-order valence-electron chi connectivity index (χ1n) is 5.42. The molecule has 0 saturated carbocycles. The first-order chi connectivity index (χ1) is 8.29. The Morgan fingerprint density at radius 3 is 2.88 bits per heavy atom. The molecule has 2 N–H and O–H groups in total. The van der Waals surface area contributed by atoms with Gasteiger partial charge in [0, 0.05) is 24.5 Å². The molecule has 0 saturated heterocycles. The molecule has 0 unspecified atom stereocenters. The van der Waals surface area contributed by atoms with Crippen molar-refractivity contribution >= 4 is 11.6 Å². The van der Waals surface area contributed by atoms with E-state index in [1.807, 2.05) is 6.92 Å². The molecule has 0 atom stereocenters. The van der Waals surface area contributed by atoms with Crippen LogP contribution >= 0.6 is 0 Å². The summed E-state index contributed by atoms with van der Waals surface area (Å²) >= 11 is 0. The molecule has 0 aromatic carbocycles. The van der Waals surface area contributed by atoms with Gasteiger partial charge >= 0.3 is 0 Å². The maximum absolute atomic E-state index is 11.8. The lowest BCUT2D eigenvalue weighted by atomic mass is 10.3. The number of aromatic amines is 1. The van der Waals surface area contributed by atoms with E-state index in [9.17, 15) is 4.79 Å². The fourth-order valence-corrected chi connectivity index (χ4v) is 1.37. The molecule has 2 aromatic rings. The monoisotopic (exact) mass is 231 g/mol. The van der Waals surface area contributed by atoms with Gasteiger partial charge in [0.05, 0.1) is 0 Å². The van der Waals surface area contributed by atoms with Gasteiger partial charge in [-0.3, -0.25) is 14.9 Å². The minimum absolute atomic E-state index is 0.158. The Balaban J connectivity index is 2.04. The molecule has 0 aliphatic rings. The average molecular weight is 231 g/mol. The molecule has 2 rings (SSSR count). The van der Waals surface area contributed by atoms with Crippen LogP contribution in [-0.2, 0) is 6.42 Å². The van der Waals surface area contributed by atoms with Gasteiger partial charge in [0.2, 0.25) is 5.82 Å². The zero-order valence-corrected chi connectivity index (χ0v) is 9.47. The van der Waals surface area contributed by atoms with E-state index in [-0.39, 0.29) is 11.7 Å². The lowest BCUT2D eigenvalue weighted by Crippen LogP contribution is -2.13. The van der Waals surface area contributed by atoms with E-state index in [1.54, 1.807) is 24.5 Å². The third kappa shape index (κ3) is 2.87. The highest BCUT2D eigenvalue weighted by Gasteiger charge is 2.11. The van der Waals surface area contributed by atoms with Crippen molar-refractivity contribution in [2.24, 2.45) is 0 Å². The van der Waals surface area contributed by atoms with Crippen LogP contribution in [-0.4, -0.2) is 26.1 Å². The largest absolute Gasteiger partial charge is 0.319 e. The number of aromatic nitrogens is 4. The molecule has 0 bridgehead atoms. The van der Waals surface area contributed by atoms with Gasteiger partial charge in [-0.15, -0.1) is 5.10 Å². The number of aryl methyl sites for hydroxylation is 1. The lowest BCUT2D eigenvalue weighted by molar-refractivity contribution is 0.101. The number of carbonyl (C=O) groups excluding carboxylic acids is 1. The van der Waals surface area contributed by atoms with Crippen molar-refractivity contribution in [3.63, 3.8) is 0 Å². The van der Waals surface area contributed by atoms with Crippen LogP contribution < -0.4 is 5.32 Å². The van der Waals surface area contributed by atoms with E-state index < -0.39 is 0 Å². The van der Waals surface area contributed by atoms with Gasteiger partial charge in [0.1, 0.15) is 5.82 Å². The van der Waals surface area contributed by atoms with Crippen LogP contribution in [0, 0.1) is 0 Å². The van der Waals surface area contributed by atoms with Crippen molar-refractivity contribution in [3.05, 3.63) is 36.2 Å². The number of H-pyrrole nitrogens is 1. The number of amides is 1. The molecule has 2 heterocycles. The Labute approximate surface area is 98.5 Å². The maximum atomic E-state index is 11.8. The van der Waals surface area contributed by atoms with E-state index in [1.165, 1.54) is 0 Å². The van der Waals surface area contributed by atoms with Crippen LogP contribution in [0.2, 0.25) is 0 Å². The normalized spacial score (nSPS) is 10.2. The number of anilines is 1. The molecule has 0 fully saturated rings. The summed E-state index contributed by atoms with van der Waals surface area (Å²) in [6.45, 7) is 2.04. The van der Waals surface area contributed by atoms with Crippen molar-refractivity contribution in [3.8, 4) is 0 Å². The van der Waals surface area contributed by atoms with Crippen LogP contribution in [0.25, 0.3) is 0 Å². The number of rotatable bonds is 4. The molecule has 17 heavy (non-hydrogen) atoms. The van der Waals surface area contributed by atoms with Crippen LogP contribution in [0.3, 0.4) is 0 Å². The van der Waals surface area contributed by atoms with Gasteiger partial charge in [-0.2, -0.15) is 0 Å². The number of hydrogen-bond acceptors (Lipinski definition) is 4. The minimum Gasteiger partial charge on any atom is -0.319 e. The van der Waals surface area contributed by atoms with Gasteiger partial charge in [-0.05, 0) is 18.6 Å². The molecule has 6 nitrogen and oxygen atoms in total. The summed E-state index contributed by atoms with van der Waals surface area (Å²) in [5.74, 6) is 0.562. The maximum Gasteiger partial charge on any atom is 0.295 e. The Morgan fingerprint density at radius 1 is 1.41 bits per heavy atom. The molecule has 6 heteroatoms. The smallest absolute Gasteiger partial charge is 0.295 e. The molecule has 0 aliphatic carbocycles. The van der Waals surface area contributed by atoms with Crippen molar-refractivity contribution in [1.29, 1.82) is 0 Å². The number of hydrogen-bond donors (Lipinski definition) is 2. The summed E-state index contributed by atoms with van der Waals surface area (Å²) < 4.78 is 0. The topological polar surface area (TPSA) is 83.6 Å². The third-order valence-corrected chi connectivity index (χ3v) is 2.16. The number of pyridine rings is 1. The van der Waals surface area contributed by atoms with Crippen LogP contribution in [0.1, 0.15) is 29.8 Å². The van der Waals surface area contributed by atoms with Crippen LogP contribution in [0.5, 0.6) is 0 Å². The Hall–Kier alpha value is -2.24. The zero-order chi connectivity index (χ0) is 12.1. The number of carbonyl (C=O) groups is 1. The van der Waals surface area contributed by atoms with Crippen molar-refractivity contribution in [2.45, 2.75) is 19.8 Å².